The Labute approximate surface area is 132 Å². The van der Waals surface area contributed by atoms with Crippen LogP contribution < -0.4 is 10.1 Å². The summed E-state index contributed by atoms with van der Waals surface area (Å²) in [6, 6.07) is 5.46. The van der Waals surface area contributed by atoms with E-state index in [4.69, 9.17) is 16.3 Å². The molecule has 1 N–H and O–H groups in total. The molecule has 118 valence electrons. The number of hydrogen-bond acceptors (Lipinski definition) is 3. The minimum atomic E-state index is -0.0338. The highest BCUT2D eigenvalue weighted by atomic mass is 35.5. The van der Waals surface area contributed by atoms with Gasteiger partial charge in [0.1, 0.15) is 5.75 Å². The Morgan fingerprint density at radius 1 is 1.43 bits per heavy atom. The van der Waals surface area contributed by atoms with Crippen LogP contribution in [-0.2, 0) is 11.3 Å². The molecule has 0 aromatic heterocycles. The molecule has 5 heteroatoms. The second kappa shape index (κ2) is 8.90. The maximum atomic E-state index is 11.8. The van der Waals surface area contributed by atoms with Crippen LogP contribution in [0.25, 0.3) is 0 Å². The second-order valence-electron chi connectivity index (χ2n) is 5.47. The number of amides is 1. The largest absolute Gasteiger partial charge is 0.483 e. The Morgan fingerprint density at radius 2 is 2.14 bits per heavy atom. The van der Waals surface area contributed by atoms with Gasteiger partial charge < -0.3 is 15.0 Å². The predicted molar refractivity (Wildman–Crippen MR) is 86.8 cm³/mol. The molecule has 1 amide bonds. The number of carbonyl (C=O) groups excluding carboxylic acids is 1. The molecular formula is C16H25ClN2O2. The quantitative estimate of drug-likeness (QED) is 0.802. The van der Waals surface area contributed by atoms with Crippen molar-refractivity contribution >= 4 is 17.5 Å². The van der Waals surface area contributed by atoms with Crippen LogP contribution >= 0.6 is 11.6 Å². The highest BCUT2D eigenvalue weighted by molar-refractivity contribution is 6.30. The molecule has 1 aromatic rings. The van der Waals surface area contributed by atoms with Crippen molar-refractivity contribution in [2.24, 2.45) is 5.92 Å². The summed E-state index contributed by atoms with van der Waals surface area (Å²) < 4.78 is 5.64. The van der Waals surface area contributed by atoms with Crippen LogP contribution in [0.3, 0.4) is 0 Å². The molecule has 1 aromatic carbocycles. The first-order valence-electron chi connectivity index (χ1n) is 7.30. The molecule has 0 fully saturated rings. The number of rotatable bonds is 8. The first kappa shape index (κ1) is 17.8. The van der Waals surface area contributed by atoms with Gasteiger partial charge in [0.25, 0.3) is 5.91 Å². The van der Waals surface area contributed by atoms with Gasteiger partial charge in [-0.15, -0.1) is 0 Å². The fourth-order valence-electron chi connectivity index (χ4n) is 1.75. The molecule has 21 heavy (non-hydrogen) atoms. The average molecular weight is 313 g/mol. The van der Waals surface area contributed by atoms with Crippen molar-refractivity contribution in [1.82, 2.24) is 10.2 Å². The molecule has 0 aliphatic heterocycles. The molecule has 0 radical (unpaired) electrons. The fourth-order valence-corrected chi connectivity index (χ4v) is 1.94. The molecule has 0 aliphatic carbocycles. The Bertz CT molecular complexity index is 464. The van der Waals surface area contributed by atoms with E-state index >= 15 is 0 Å². The Hall–Kier alpha value is -1.26. The number of carbonyl (C=O) groups is 1. The van der Waals surface area contributed by atoms with Crippen molar-refractivity contribution in [3.63, 3.8) is 0 Å². The molecule has 0 spiro atoms. The van der Waals surface area contributed by atoms with E-state index < -0.39 is 0 Å². The third kappa shape index (κ3) is 6.36. The summed E-state index contributed by atoms with van der Waals surface area (Å²) in [5, 5.41) is 4.02. The maximum Gasteiger partial charge on any atom is 0.260 e. The van der Waals surface area contributed by atoms with E-state index in [-0.39, 0.29) is 12.5 Å². The number of halogens is 1. The normalized spacial score (nSPS) is 10.8. The lowest BCUT2D eigenvalue weighted by Gasteiger charge is -2.17. The topological polar surface area (TPSA) is 41.6 Å². The first-order chi connectivity index (χ1) is 9.93. The van der Waals surface area contributed by atoms with E-state index in [9.17, 15) is 4.79 Å². The van der Waals surface area contributed by atoms with Crippen LogP contribution in [0.2, 0.25) is 5.02 Å². The van der Waals surface area contributed by atoms with Crippen molar-refractivity contribution in [2.75, 3.05) is 26.7 Å². The van der Waals surface area contributed by atoms with Gasteiger partial charge in [-0.25, -0.2) is 0 Å². The number of likely N-dealkylation sites (N-methyl/N-ethyl adjacent to an activating group) is 1. The molecule has 0 atom stereocenters. The Balaban J connectivity index is 2.66. The lowest BCUT2D eigenvalue weighted by molar-refractivity contribution is -0.131. The van der Waals surface area contributed by atoms with Crippen LogP contribution in [0, 0.1) is 5.92 Å². The number of ether oxygens (including phenoxy) is 1. The third-order valence-corrected chi connectivity index (χ3v) is 3.38. The molecule has 0 unspecified atom stereocenters. The second-order valence-corrected chi connectivity index (χ2v) is 5.91. The highest BCUT2D eigenvalue weighted by Gasteiger charge is 2.10. The maximum absolute atomic E-state index is 11.8. The van der Waals surface area contributed by atoms with E-state index in [1.165, 1.54) is 0 Å². The Kier molecular flexibility index (Phi) is 7.54. The fraction of sp³-hybridized carbons (Fsp3) is 0.562. The van der Waals surface area contributed by atoms with Crippen molar-refractivity contribution in [3.05, 3.63) is 28.8 Å². The lowest BCUT2D eigenvalue weighted by Crippen LogP contribution is -2.31. The van der Waals surface area contributed by atoms with Gasteiger partial charge >= 0.3 is 0 Å². The van der Waals surface area contributed by atoms with Crippen molar-refractivity contribution in [3.8, 4) is 5.75 Å². The van der Waals surface area contributed by atoms with Crippen molar-refractivity contribution in [1.29, 1.82) is 0 Å². The summed E-state index contributed by atoms with van der Waals surface area (Å²) in [4.78, 5) is 13.4. The summed E-state index contributed by atoms with van der Waals surface area (Å²) in [6.45, 7) is 8.55. The zero-order chi connectivity index (χ0) is 15.8. The van der Waals surface area contributed by atoms with Gasteiger partial charge in [0.2, 0.25) is 0 Å². The summed E-state index contributed by atoms with van der Waals surface area (Å²) in [5.74, 6) is 1.25. The minimum absolute atomic E-state index is 0.0338. The van der Waals surface area contributed by atoms with Gasteiger partial charge in [0, 0.05) is 30.7 Å². The molecule has 4 nitrogen and oxygen atoms in total. The standard InChI is InChI=1S/C16H25ClN2O2/c1-5-19(4)16(20)11-21-15-7-6-14(17)8-13(15)10-18-9-12(2)3/h6-8,12,18H,5,9-11H2,1-4H3. The van der Waals surface area contributed by atoms with Crippen LogP contribution in [0.1, 0.15) is 26.3 Å². The van der Waals surface area contributed by atoms with Crippen molar-refractivity contribution in [2.45, 2.75) is 27.3 Å². The van der Waals surface area contributed by atoms with Gasteiger partial charge in [-0.1, -0.05) is 25.4 Å². The van der Waals surface area contributed by atoms with Crippen LogP contribution in [-0.4, -0.2) is 37.6 Å². The highest BCUT2D eigenvalue weighted by Crippen LogP contribution is 2.23. The number of hydrogen-bond donors (Lipinski definition) is 1. The molecule has 0 bridgehead atoms. The van der Waals surface area contributed by atoms with Crippen molar-refractivity contribution < 1.29 is 9.53 Å². The van der Waals surface area contributed by atoms with E-state index in [1.807, 2.05) is 19.1 Å². The molecule has 0 saturated heterocycles. The van der Waals surface area contributed by atoms with Gasteiger partial charge in [-0.2, -0.15) is 0 Å². The molecular weight excluding hydrogens is 288 g/mol. The zero-order valence-electron chi connectivity index (χ0n) is 13.3. The number of nitrogens with zero attached hydrogens (tertiary/aromatic N) is 1. The zero-order valence-corrected chi connectivity index (χ0v) is 14.0. The summed E-state index contributed by atoms with van der Waals surface area (Å²) in [6.07, 6.45) is 0. The summed E-state index contributed by atoms with van der Waals surface area (Å²) >= 11 is 6.04. The predicted octanol–water partition coefficient (Wildman–Crippen LogP) is 2.94. The average Bonchev–Trinajstić information content (AvgIpc) is 2.44. The van der Waals surface area contributed by atoms with E-state index in [1.54, 1.807) is 18.0 Å². The summed E-state index contributed by atoms with van der Waals surface area (Å²) in [5.41, 5.74) is 0.968. The van der Waals surface area contributed by atoms with Gasteiger partial charge in [0.05, 0.1) is 0 Å². The van der Waals surface area contributed by atoms with Gasteiger partial charge in [-0.3, -0.25) is 4.79 Å². The van der Waals surface area contributed by atoms with Crippen LogP contribution in [0.4, 0.5) is 0 Å². The number of nitrogens with one attached hydrogen (secondary N) is 1. The van der Waals surface area contributed by atoms with Crippen LogP contribution in [0.5, 0.6) is 5.75 Å². The van der Waals surface area contributed by atoms with Gasteiger partial charge in [-0.05, 0) is 37.6 Å². The first-order valence-corrected chi connectivity index (χ1v) is 7.67. The van der Waals surface area contributed by atoms with E-state index in [0.29, 0.717) is 29.8 Å². The minimum Gasteiger partial charge on any atom is -0.483 e. The summed E-state index contributed by atoms with van der Waals surface area (Å²) in [7, 11) is 1.76. The van der Waals surface area contributed by atoms with Gasteiger partial charge in [0.15, 0.2) is 6.61 Å². The molecule has 1 rings (SSSR count). The SMILES string of the molecule is CCN(C)C(=O)COc1ccc(Cl)cc1CNCC(C)C. The lowest BCUT2D eigenvalue weighted by atomic mass is 10.2. The number of benzene rings is 1. The van der Waals surface area contributed by atoms with E-state index in [0.717, 1.165) is 12.1 Å². The Morgan fingerprint density at radius 3 is 2.76 bits per heavy atom. The monoisotopic (exact) mass is 312 g/mol. The smallest absolute Gasteiger partial charge is 0.260 e. The third-order valence-electron chi connectivity index (χ3n) is 3.14. The molecule has 0 heterocycles. The molecule has 0 aliphatic rings. The van der Waals surface area contributed by atoms with E-state index in [2.05, 4.69) is 19.2 Å². The molecule has 0 saturated carbocycles. The van der Waals surface area contributed by atoms with Crippen LogP contribution in [0.15, 0.2) is 18.2 Å².